The van der Waals surface area contributed by atoms with E-state index in [1.165, 1.54) is 0 Å². The predicted molar refractivity (Wildman–Crippen MR) is 70.3 cm³/mol. The summed E-state index contributed by atoms with van der Waals surface area (Å²) in [6.07, 6.45) is 0. The van der Waals surface area contributed by atoms with Gasteiger partial charge in [-0.1, -0.05) is 19.1 Å². The molecule has 4 nitrogen and oxygen atoms in total. The van der Waals surface area contributed by atoms with Gasteiger partial charge in [0.15, 0.2) is 0 Å². The van der Waals surface area contributed by atoms with E-state index in [0.29, 0.717) is 13.1 Å². The normalized spacial score (nSPS) is 11.2. The van der Waals surface area contributed by atoms with Gasteiger partial charge in [0.2, 0.25) is 5.91 Å². The van der Waals surface area contributed by atoms with E-state index in [9.17, 15) is 4.79 Å². The Bertz CT molecular complexity index is 341. The van der Waals surface area contributed by atoms with Gasteiger partial charge in [-0.15, -0.1) is 12.4 Å². The minimum atomic E-state index is -0.141. The summed E-state index contributed by atoms with van der Waals surface area (Å²) in [5.41, 5.74) is 6.44. The molecule has 17 heavy (non-hydrogen) atoms. The molecule has 0 saturated heterocycles. The topological polar surface area (TPSA) is 64.3 Å². The summed E-state index contributed by atoms with van der Waals surface area (Å²) in [5.74, 6) is 0.655. The minimum absolute atomic E-state index is 0. The molecule has 5 heteroatoms. The second-order valence-corrected chi connectivity index (χ2v) is 3.70. The van der Waals surface area contributed by atoms with Gasteiger partial charge in [-0.05, 0) is 17.7 Å². The van der Waals surface area contributed by atoms with Crippen LogP contribution in [0.15, 0.2) is 24.3 Å². The number of carbonyl (C=O) groups excluding carboxylic acids is 1. The van der Waals surface area contributed by atoms with Crippen LogP contribution in [0.4, 0.5) is 0 Å². The summed E-state index contributed by atoms with van der Waals surface area (Å²) in [7, 11) is 1.62. The van der Waals surface area contributed by atoms with E-state index in [0.717, 1.165) is 11.3 Å². The number of halogens is 1. The van der Waals surface area contributed by atoms with Crippen LogP contribution in [0, 0.1) is 5.92 Å². The molecule has 1 aromatic carbocycles. The summed E-state index contributed by atoms with van der Waals surface area (Å²) in [6.45, 7) is 2.70. The number of methoxy groups -OCH3 is 1. The average Bonchev–Trinajstić information content (AvgIpc) is 2.35. The molecule has 0 saturated carbocycles. The molecule has 0 heterocycles. The van der Waals surface area contributed by atoms with E-state index in [1.807, 2.05) is 31.2 Å². The molecule has 1 atom stereocenters. The van der Waals surface area contributed by atoms with Crippen molar-refractivity contribution in [1.82, 2.24) is 5.32 Å². The highest BCUT2D eigenvalue weighted by Gasteiger charge is 2.09. The fourth-order valence-electron chi connectivity index (χ4n) is 1.21. The van der Waals surface area contributed by atoms with Gasteiger partial charge in [0.25, 0.3) is 0 Å². The van der Waals surface area contributed by atoms with E-state index in [1.54, 1.807) is 7.11 Å². The van der Waals surface area contributed by atoms with Gasteiger partial charge in [-0.2, -0.15) is 0 Å². The van der Waals surface area contributed by atoms with Crippen molar-refractivity contribution in [3.8, 4) is 5.75 Å². The van der Waals surface area contributed by atoms with E-state index in [-0.39, 0.29) is 24.2 Å². The molecule has 0 aliphatic carbocycles. The zero-order valence-corrected chi connectivity index (χ0v) is 10.9. The standard InChI is InChI=1S/C12H18N2O2.ClH/c1-9(7-13)12(15)14-8-10-3-5-11(16-2)6-4-10;/h3-6,9H,7-8,13H2,1-2H3,(H,14,15);1H. The number of nitrogens with one attached hydrogen (secondary N) is 1. The van der Waals surface area contributed by atoms with Crippen LogP contribution in [-0.2, 0) is 11.3 Å². The van der Waals surface area contributed by atoms with Crippen LogP contribution in [0.1, 0.15) is 12.5 Å². The van der Waals surface area contributed by atoms with Gasteiger partial charge in [-0.25, -0.2) is 0 Å². The van der Waals surface area contributed by atoms with Gasteiger partial charge < -0.3 is 15.8 Å². The van der Waals surface area contributed by atoms with E-state index < -0.39 is 0 Å². The van der Waals surface area contributed by atoms with Crippen molar-refractivity contribution in [3.05, 3.63) is 29.8 Å². The summed E-state index contributed by atoms with van der Waals surface area (Å²) in [4.78, 5) is 11.5. The Hall–Kier alpha value is -1.26. The Labute approximate surface area is 108 Å². The monoisotopic (exact) mass is 258 g/mol. The molecule has 96 valence electrons. The van der Waals surface area contributed by atoms with Crippen molar-refractivity contribution in [2.24, 2.45) is 11.7 Å². The second kappa shape index (κ2) is 7.92. The van der Waals surface area contributed by atoms with Crippen molar-refractivity contribution in [2.75, 3.05) is 13.7 Å². The Balaban J connectivity index is 0.00000256. The Morgan fingerprint density at radius 1 is 1.41 bits per heavy atom. The first-order valence-corrected chi connectivity index (χ1v) is 5.28. The molecule has 0 bridgehead atoms. The molecule has 1 rings (SSSR count). The van der Waals surface area contributed by atoms with Gasteiger partial charge >= 0.3 is 0 Å². The molecule has 0 radical (unpaired) electrons. The number of benzene rings is 1. The number of carbonyl (C=O) groups is 1. The van der Waals surface area contributed by atoms with Crippen molar-refractivity contribution < 1.29 is 9.53 Å². The van der Waals surface area contributed by atoms with Crippen LogP contribution in [-0.4, -0.2) is 19.6 Å². The van der Waals surface area contributed by atoms with E-state index >= 15 is 0 Å². The number of nitrogens with two attached hydrogens (primary N) is 1. The Morgan fingerprint density at radius 3 is 2.47 bits per heavy atom. The molecule has 0 spiro atoms. The summed E-state index contributed by atoms with van der Waals surface area (Å²) >= 11 is 0. The largest absolute Gasteiger partial charge is 0.497 e. The molecule has 1 unspecified atom stereocenters. The van der Waals surface area contributed by atoms with Crippen LogP contribution in [0.25, 0.3) is 0 Å². The first-order valence-electron chi connectivity index (χ1n) is 5.28. The Morgan fingerprint density at radius 2 is 2.00 bits per heavy atom. The number of hydrogen-bond acceptors (Lipinski definition) is 3. The molecule has 0 fully saturated rings. The third-order valence-corrected chi connectivity index (χ3v) is 2.43. The van der Waals surface area contributed by atoms with Crippen LogP contribution in [0.5, 0.6) is 5.75 Å². The SMILES string of the molecule is COc1ccc(CNC(=O)C(C)CN)cc1.Cl. The molecular weight excluding hydrogens is 240 g/mol. The van der Waals surface area contributed by atoms with Crippen LogP contribution in [0.3, 0.4) is 0 Å². The highest BCUT2D eigenvalue weighted by molar-refractivity contribution is 5.85. The maximum Gasteiger partial charge on any atom is 0.224 e. The molecule has 1 amide bonds. The maximum absolute atomic E-state index is 11.5. The zero-order chi connectivity index (χ0) is 12.0. The van der Waals surface area contributed by atoms with Crippen molar-refractivity contribution in [3.63, 3.8) is 0 Å². The van der Waals surface area contributed by atoms with Crippen LogP contribution < -0.4 is 15.8 Å². The van der Waals surface area contributed by atoms with Crippen molar-refractivity contribution in [1.29, 1.82) is 0 Å². The lowest BCUT2D eigenvalue weighted by molar-refractivity contribution is -0.124. The number of amides is 1. The fourth-order valence-corrected chi connectivity index (χ4v) is 1.21. The quantitative estimate of drug-likeness (QED) is 0.838. The molecule has 0 aliphatic rings. The highest BCUT2D eigenvalue weighted by Crippen LogP contribution is 2.10. The third kappa shape index (κ3) is 5.06. The lowest BCUT2D eigenvalue weighted by Gasteiger charge is -2.10. The smallest absolute Gasteiger partial charge is 0.224 e. The molecule has 0 aromatic heterocycles. The number of ether oxygens (including phenoxy) is 1. The molecule has 3 N–H and O–H groups in total. The zero-order valence-electron chi connectivity index (χ0n) is 10.1. The first-order chi connectivity index (χ1) is 7.67. The minimum Gasteiger partial charge on any atom is -0.497 e. The molecule has 1 aromatic rings. The number of rotatable bonds is 5. The third-order valence-electron chi connectivity index (χ3n) is 2.43. The van der Waals surface area contributed by atoms with Crippen LogP contribution in [0.2, 0.25) is 0 Å². The highest BCUT2D eigenvalue weighted by atomic mass is 35.5. The van der Waals surface area contributed by atoms with Gasteiger partial charge in [-0.3, -0.25) is 4.79 Å². The van der Waals surface area contributed by atoms with Gasteiger partial charge in [0.1, 0.15) is 5.75 Å². The molecule has 0 aliphatic heterocycles. The predicted octanol–water partition coefficient (Wildman–Crippen LogP) is 1.33. The molecular formula is C12H19ClN2O2. The number of hydrogen-bond donors (Lipinski definition) is 2. The van der Waals surface area contributed by atoms with Gasteiger partial charge in [0, 0.05) is 19.0 Å². The lowest BCUT2D eigenvalue weighted by atomic mass is 10.1. The second-order valence-electron chi connectivity index (χ2n) is 3.70. The summed E-state index contributed by atoms with van der Waals surface area (Å²) in [5, 5.41) is 2.83. The summed E-state index contributed by atoms with van der Waals surface area (Å²) < 4.78 is 5.05. The van der Waals surface area contributed by atoms with E-state index in [2.05, 4.69) is 5.32 Å². The summed E-state index contributed by atoms with van der Waals surface area (Å²) in [6, 6.07) is 7.58. The fraction of sp³-hybridized carbons (Fsp3) is 0.417. The van der Waals surface area contributed by atoms with E-state index in [4.69, 9.17) is 10.5 Å². The Kier molecular flexibility index (Phi) is 7.34. The maximum atomic E-state index is 11.5. The lowest BCUT2D eigenvalue weighted by Crippen LogP contribution is -2.32. The van der Waals surface area contributed by atoms with Crippen molar-refractivity contribution >= 4 is 18.3 Å². The van der Waals surface area contributed by atoms with Crippen LogP contribution >= 0.6 is 12.4 Å². The van der Waals surface area contributed by atoms with Gasteiger partial charge in [0.05, 0.1) is 7.11 Å². The first kappa shape index (κ1) is 15.7. The average molecular weight is 259 g/mol. The van der Waals surface area contributed by atoms with Crippen molar-refractivity contribution in [2.45, 2.75) is 13.5 Å².